The molecule has 6 rings (SSSR count). The fourth-order valence-corrected chi connectivity index (χ4v) is 5.55. The molecule has 1 saturated carbocycles. The third-order valence-corrected chi connectivity index (χ3v) is 7.96. The minimum absolute atomic E-state index is 0. The lowest BCUT2D eigenvalue weighted by Gasteiger charge is -2.33. The van der Waals surface area contributed by atoms with E-state index in [1.54, 1.807) is 12.1 Å². The van der Waals surface area contributed by atoms with Crippen LogP contribution in [0.15, 0.2) is 54.6 Å². The highest BCUT2D eigenvalue weighted by molar-refractivity contribution is 5.93. The fraction of sp³-hybridized carbons (Fsp3) is 0.367. The van der Waals surface area contributed by atoms with E-state index in [4.69, 9.17) is 4.98 Å². The van der Waals surface area contributed by atoms with Gasteiger partial charge < -0.3 is 15.2 Å². The number of rotatable bonds is 6. The van der Waals surface area contributed by atoms with E-state index in [1.165, 1.54) is 53.1 Å². The normalized spacial score (nSPS) is 16.4. The van der Waals surface area contributed by atoms with Crippen LogP contribution in [0, 0.1) is 19.7 Å². The fourth-order valence-electron chi connectivity index (χ4n) is 5.55. The number of aromatic amines is 1. The molecule has 4 nitrogen and oxygen atoms in total. The summed E-state index contributed by atoms with van der Waals surface area (Å²) in [4.78, 5) is 11.4. The molecule has 1 unspecified atom stereocenters. The highest BCUT2D eigenvalue weighted by Gasteiger charge is 2.27. The van der Waals surface area contributed by atoms with Crippen LogP contribution in [0.2, 0.25) is 0 Å². The van der Waals surface area contributed by atoms with Gasteiger partial charge in [-0.15, -0.1) is 12.4 Å². The first-order chi connectivity index (χ1) is 17.0. The topological polar surface area (TPSA) is 44.0 Å². The van der Waals surface area contributed by atoms with Crippen molar-refractivity contribution in [1.29, 1.82) is 0 Å². The number of pyridine rings is 1. The van der Waals surface area contributed by atoms with Gasteiger partial charge in [-0.05, 0) is 80.0 Å². The first-order valence-electron chi connectivity index (χ1n) is 12.9. The molecule has 2 N–H and O–H groups in total. The van der Waals surface area contributed by atoms with Crippen LogP contribution in [0.1, 0.15) is 58.9 Å². The number of nitrogens with one attached hydrogen (secondary N) is 2. The molecule has 2 aliphatic rings. The first-order valence-corrected chi connectivity index (χ1v) is 12.9. The molecule has 2 aromatic carbocycles. The zero-order chi connectivity index (χ0) is 23.9. The number of hydrogen-bond donors (Lipinski definition) is 2. The highest BCUT2D eigenvalue weighted by Crippen LogP contribution is 2.35. The second-order valence-corrected chi connectivity index (χ2v) is 10.3. The molecule has 1 aliphatic heterocycles. The first kappa shape index (κ1) is 24.8. The largest absolute Gasteiger partial charge is 0.355 e. The molecule has 4 aromatic rings. The van der Waals surface area contributed by atoms with Crippen molar-refractivity contribution >= 4 is 29.1 Å². The van der Waals surface area contributed by atoms with Gasteiger partial charge in [-0.1, -0.05) is 42.8 Å². The second kappa shape index (κ2) is 10.2. The molecule has 1 aliphatic carbocycles. The van der Waals surface area contributed by atoms with Gasteiger partial charge in [-0.3, -0.25) is 0 Å². The predicted octanol–water partition coefficient (Wildman–Crippen LogP) is 6.73. The van der Waals surface area contributed by atoms with E-state index in [2.05, 4.69) is 59.4 Å². The van der Waals surface area contributed by atoms with Crippen molar-refractivity contribution in [3.63, 3.8) is 0 Å². The van der Waals surface area contributed by atoms with Gasteiger partial charge in [0, 0.05) is 30.2 Å². The summed E-state index contributed by atoms with van der Waals surface area (Å²) >= 11 is 0. The van der Waals surface area contributed by atoms with Gasteiger partial charge in [-0.25, -0.2) is 9.37 Å². The minimum Gasteiger partial charge on any atom is -0.355 e. The number of H-pyrrole nitrogens is 1. The molecule has 0 radical (unpaired) electrons. The monoisotopic (exact) mass is 504 g/mol. The van der Waals surface area contributed by atoms with Crippen molar-refractivity contribution in [3.8, 4) is 0 Å². The molecule has 36 heavy (non-hydrogen) atoms. The lowest BCUT2D eigenvalue weighted by Crippen LogP contribution is -2.39. The zero-order valence-corrected chi connectivity index (χ0v) is 21.8. The number of halogens is 2. The minimum atomic E-state index is -0.182. The molecule has 2 aromatic heterocycles. The van der Waals surface area contributed by atoms with E-state index in [0.29, 0.717) is 6.04 Å². The van der Waals surface area contributed by atoms with E-state index in [0.717, 1.165) is 48.5 Å². The lowest BCUT2D eigenvalue weighted by molar-refractivity contribution is 0.301. The zero-order valence-electron chi connectivity index (χ0n) is 21.0. The molecular weight excluding hydrogens is 471 g/mol. The van der Waals surface area contributed by atoms with Gasteiger partial charge >= 0.3 is 0 Å². The Morgan fingerprint density at radius 3 is 2.64 bits per heavy atom. The van der Waals surface area contributed by atoms with Gasteiger partial charge in [0.2, 0.25) is 0 Å². The SMILES string of the molecule is Cc1[nH]c2c(N3CCc4ccccc4C3)nc(C(Cc3cccc(F)c3)NC3CCC3)cc2c1C.Cl. The summed E-state index contributed by atoms with van der Waals surface area (Å²) in [5.74, 6) is 0.848. The Morgan fingerprint density at radius 2 is 1.89 bits per heavy atom. The van der Waals surface area contributed by atoms with Crippen LogP contribution in [0.5, 0.6) is 0 Å². The van der Waals surface area contributed by atoms with Crippen molar-refractivity contribution in [1.82, 2.24) is 15.3 Å². The van der Waals surface area contributed by atoms with Crippen molar-refractivity contribution < 1.29 is 4.39 Å². The van der Waals surface area contributed by atoms with Gasteiger partial charge in [0.05, 0.1) is 17.3 Å². The molecule has 0 amide bonds. The number of aromatic nitrogens is 2. The number of aryl methyl sites for hydroxylation is 2. The van der Waals surface area contributed by atoms with Gasteiger partial charge in [0.1, 0.15) is 5.82 Å². The summed E-state index contributed by atoms with van der Waals surface area (Å²) in [7, 11) is 0. The Kier molecular flexibility index (Phi) is 7.05. The molecule has 0 bridgehead atoms. The van der Waals surface area contributed by atoms with Crippen molar-refractivity contribution in [2.45, 2.75) is 64.6 Å². The summed E-state index contributed by atoms with van der Waals surface area (Å²) in [6.45, 7) is 6.14. The Morgan fingerprint density at radius 1 is 1.08 bits per heavy atom. The van der Waals surface area contributed by atoms with E-state index < -0.39 is 0 Å². The van der Waals surface area contributed by atoms with E-state index in [9.17, 15) is 4.39 Å². The van der Waals surface area contributed by atoms with Gasteiger partial charge in [0.15, 0.2) is 5.82 Å². The lowest BCUT2D eigenvalue weighted by atomic mass is 9.90. The predicted molar refractivity (Wildman–Crippen MR) is 148 cm³/mol. The molecule has 1 atom stereocenters. The van der Waals surface area contributed by atoms with E-state index >= 15 is 0 Å². The van der Waals surface area contributed by atoms with Crippen LogP contribution in [0.25, 0.3) is 10.9 Å². The van der Waals surface area contributed by atoms with Crippen LogP contribution < -0.4 is 10.2 Å². The Labute approximate surface area is 218 Å². The van der Waals surface area contributed by atoms with E-state index in [-0.39, 0.29) is 24.3 Å². The van der Waals surface area contributed by atoms with Crippen molar-refractivity contribution in [3.05, 3.63) is 94.1 Å². The van der Waals surface area contributed by atoms with Crippen LogP contribution in [-0.4, -0.2) is 22.6 Å². The van der Waals surface area contributed by atoms with Crippen molar-refractivity contribution in [2.75, 3.05) is 11.4 Å². The second-order valence-electron chi connectivity index (χ2n) is 10.3. The van der Waals surface area contributed by atoms with Crippen LogP contribution >= 0.6 is 12.4 Å². The summed E-state index contributed by atoms with van der Waals surface area (Å²) in [6, 6.07) is 18.5. The molecule has 3 heterocycles. The smallest absolute Gasteiger partial charge is 0.153 e. The molecule has 0 spiro atoms. The molecular formula is C30H34ClFN4. The maximum Gasteiger partial charge on any atom is 0.153 e. The summed E-state index contributed by atoms with van der Waals surface area (Å²) in [5, 5.41) is 5.10. The van der Waals surface area contributed by atoms with Gasteiger partial charge in [-0.2, -0.15) is 0 Å². The molecule has 0 saturated heterocycles. The summed E-state index contributed by atoms with van der Waals surface area (Å²) < 4.78 is 14.0. The maximum atomic E-state index is 14.0. The molecule has 6 heteroatoms. The number of fused-ring (bicyclic) bond motifs is 2. The van der Waals surface area contributed by atoms with Crippen LogP contribution in [0.4, 0.5) is 10.2 Å². The highest BCUT2D eigenvalue weighted by atomic mass is 35.5. The van der Waals surface area contributed by atoms with Crippen LogP contribution in [0.3, 0.4) is 0 Å². The molecule has 188 valence electrons. The third kappa shape index (κ3) is 4.74. The van der Waals surface area contributed by atoms with Crippen molar-refractivity contribution in [2.24, 2.45) is 0 Å². The number of anilines is 1. The number of benzene rings is 2. The summed E-state index contributed by atoms with van der Waals surface area (Å²) in [5.41, 5.74) is 8.44. The quantitative estimate of drug-likeness (QED) is 0.306. The number of nitrogens with zero attached hydrogens (tertiary/aromatic N) is 2. The van der Waals surface area contributed by atoms with E-state index in [1.807, 2.05) is 6.07 Å². The Hall–Kier alpha value is -2.89. The Balaban J connectivity index is 0.00000267. The third-order valence-electron chi connectivity index (χ3n) is 7.96. The number of hydrogen-bond acceptors (Lipinski definition) is 3. The average Bonchev–Trinajstić information content (AvgIpc) is 3.13. The summed E-state index contributed by atoms with van der Waals surface area (Å²) in [6.07, 6.45) is 5.40. The molecule has 1 fully saturated rings. The Bertz CT molecular complexity index is 1380. The average molecular weight is 505 g/mol. The van der Waals surface area contributed by atoms with Crippen LogP contribution in [-0.2, 0) is 19.4 Å². The maximum absolute atomic E-state index is 14.0. The standard InChI is InChI=1S/C30H33FN4.ClH/c1-19-20(2)32-29-26(19)17-28(34-30(29)35-14-13-22-8-3-4-9-23(22)18-35)27(33-25-11-6-12-25)16-21-7-5-10-24(31)15-21;/h3-5,7-10,15,17,25,27,32-33H,6,11-14,16,18H2,1-2H3;1H. The van der Waals surface area contributed by atoms with Gasteiger partial charge in [0.25, 0.3) is 0 Å².